The number of esters is 3. The van der Waals surface area contributed by atoms with E-state index in [1.54, 1.807) is 0 Å². The second-order valence-electron chi connectivity index (χ2n) is 17.1. The summed E-state index contributed by atoms with van der Waals surface area (Å²) in [6.07, 6.45) is 63.1. The molecular weight excluding hydrogens is 769 g/mol. The topological polar surface area (TPSA) is 78.9 Å². The Labute approximate surface area is 382 Å². The van der Waals surface area contributed by atoms with E-state index in [4.69, 9.17) is 14.2 Å². The molecule has 0 radical (unpaired) electrons. The van der Waals surface area contributed by atoms with Gasteiger partial charge in [0, 0.05) is 19.3 Å². The van der Waals surface area contributed by atoms with Crippen LogP contribution in [0.25, 0.3) is 0 Å². The fourth-order valence-electron chi connectivity index (χ4n) is 7.05. The molecule has 356 valence electrons. The zero-order chi connectivity index (χ0) is 45.1. The van der Waals surface area contributed by atoms with Crippen LogP contribution in [0.1, 0.15) is 245 Å². The predicted molar refractivity (Wildman–Crippen MR) is 265 cm³/mol. The largest absolute Gasteiger partial charge is 0.462 e. The summed E-state index contributed by atoms with van der Waals surface area (Å²) in [5.41, 5.74) is 0. The van der Waals surface area contributed by atoms with Crippen molar-refractivity contribution in [2.24, 2.45) is 0 Å². The third kappa shape index (κ3) is 47.9. The molecule has 6 heteroatoms. The minimum absolute atomic E-state index is 0.0879. The number of unbranched alkanes of at least 4 members (excludes halogenated alkanes) is 23. The van der Waals surface area contributed by atoms with Gasteiger partial charge in [-0.25, -0.2) is 0 Å². The fourth-order valence-corrected chi connectivity index (χ4v) is 7.05. The first-order valence-electron chi connectivity index (χ1n) is 25.9. The van der Waals surface area contributed by atoms with E-state index in [1.165, 1.54) is 96.3 Å². The monoisotopic (exact) mass is 865 g/mol. The van der Waals surface area contributed by atoms with Crippen LogP contribution in [-0.2, 0) is 28.6 Å². The zero-order valence-electron chi connectivity index (χ0n) is 40.6. The Balaban J connectivity index is 4.43. The molecule has 0 bridgehead atoms. The second kappa shape index (κ2) is 50.5. The molecule has 0 aromatic carbocycles. The van der Waals surface area contributed by atoms with Crippen molar-refractivity contribution < 1.29 is 28.6 Å². The number of carbonyl (C=O) groups excluding carboxylic acids is 3. The van der Waals surface area contributed by atoms with Crippen molar-refractivity contribution in [2.75, 3.05) is 13.2 Å². The summed E-state index contributed by atoms with van der Waals surface area (Å²) >= 11 is 0. The van der Waals surface area contributed by atoms with Crippen LogP contribution in [0.2, 0.25) is 0 Å². The number of hydrogen-bond acceptors (Lipinski definition) is 6. The highest BCUT2D eigenvalue weighted by molar-refractivity contribution is 5.71. The van der Waals surface area contributed by atoms with Crippen LogP contribution in [0, 0.1) is 0 Å². The van der Waals surface area contributed by atoms with Gasteiger partial charge in [-0.15, -0.1) is 0 Å². The molecule has 1 unspecified atom stereocenters. The van der Waals surface area contributed by atoms with E-state index in [9.17, 15) is 14.4 Å². The van der Waals surface area contributed by atoms with Gasteiger partial charge in [-0.05, 0) is 89.9 Å². The van der Waals surface area contributed by atoms with Crippen LogP contribution in [-0.4, -0.2) is 37.2 Å². The molecule has 6 nitrogen and oxygen atoms in total. The molecule has 0 saturated heterocycles. The van der Waals surface area contributed by atoms with Crippen LogP contribution >= 0.6 is 0 Å². The SMILES string of the molecule is CC/C=C\C/C=C\C/C=C\C/C=C\C/C=C\CCCCCC(=O)OCC(COC(=O)CCCCCCCCCCCCC)OC(=O)CCCCCCC/C=C\CCCCCCC. The Hall–Kier alpha value is -3.15. The molecule has 0 aliphatic heterocycles. The Morgan fingerprint density at radius 2 is 0.629 bits per heavy atom. The molecule has 0 aliphatic carbocycles. The molecule has 62 heavy (non-hydrogen) atoms. The molecule has 0 amide bonds. The standard InChI is InChI=1S/C56H96O6/c1-4-7-10-13-16-19-22-24-26-27-28-29-30-32-34-37-40-43-46-49-55(58)61-52-53(51-60-54(57)48-45-42-39-36-33-21-18-15-12-9-6-3)62-56(59)50-47-44-41-38-35-31-25-23-20-17-14-11-8-5-2/h7,10,16,19,23-26,28-29,32,34,53H,4-6,8-9,11-15,17-18,20-22,27,30-31,33,35-52H2,1-3H3/b10-7-,19-16-,25-23-,26-24-,29-28-,34-32-. The highest BCUT2D eigenvalue weighted by Gasteiger charge is 2.19. The van der Waals surface area contributed by atoms with Crippen LogP contribution in [0.5, 0.6) is 0 Å². The Morgan fingerprint density at radius 1 is 0.339 bits per heavy atom. The molecule has 0 aliphatic rings. The average molecular weight is 865 g/mol. The molecule has 0 saturated carbocycles. The van der Waals surface area contributed by atoms with E-state index in [0.717, 1.165) is 109 Å². The van der Waals surface area contributed by atoms with E-state index in [-0.39, 0.29) is 31.1 Å². The first-order valence-corrected chi connectivity index (χ1v) is 25.9. The molecule has 0 N–H and O–H groups in total. The number of allylic oxidation sites excluding steroid dienone is 12. The number of carbonyl (C=O) groups is 3. The van der Waals surface area contributed by atoms with Crippen LogP contribution in [0.3, 0.4) is 0 Å². The van der Waals surface area contributed by atoms with E-state index >= 15 is 0 Å². The normalized spacial score (nSPS) is 12.6. The molecular formula is C56H96O6. The fraction of sp³-hybridized carbons (Fsp3) is 0.732. The van der Waals surface area contributed by atoms with E-state index in [2.05, 4.69) is 93.7 Å². The third-order valence-electron chi connectivity index (χ3n) is 10.9. The Bertz CT molecular complexity index is 1180. The third-order valence-corrected chi connectivity index (χ3v) is 10.9. The molecule has 1 atom stereocenters. The van der Waals surface area contributed by atoms with Gasteiger partial charge in [0.05, 0.1) is 0 Å². The Morgan fingerprint density at radius 3 is 1.02 bits per heavy atom. The van der Waals surface area contributed by atoms with Gasteiger partial charge in [0.1, 0.15) is 13.2 Å². The molecule has 0 heterocycles. The zero-order valence-corrected chi connectivity index (χ0v) is 40.6. The maximum Gasteiger partial charge on any atom is 0.306 e. The van der Waals surface area contributed by atoms with Gasteiger partial charge >= 0.3 is 17.9 Å². The minimum atomic E-state index is -0.790. The van der Waals surface area contributed by atoms with Crippen LogP contribution < -0.4 is 0 Å². The molecule has 0 aromatic heterocycles. The van der Waals surface area contributed by atoms with Gasteiger partial charge in [0.25, 0.3) is 0 Å². The van der Waals surface area contributed by atoms with E-state index in [0.29, 0.717) is 19.3 Å². The second-order valence-corrected chi connectivity index (χ2v) is 17.1. The maximum atomic E-state index is 12.8. The van der Waals surface area contributed by atoms with Crippen LogP contribution in [0.4, 0.5) is 0 Å². The minimum Gasteiger partial charge on any atom is -0.462 e. The highest BCUT2D eigenvalue weighted by atomic mass is 16.6. The van der Waals surface area contributed by atoms with Crippen molar-refractivity contribution in [3.8, 4) is 0 Å². The summed E-state index contributed by atoms with van der Waals surface area (Å²) in [4.78, 5) is 37.9. The first-order chi connectivity index (χ1) is 30.5. The van der Waals surface area contributed by atoms with Gasteiger partial charge < -0.3 is 14.2 Å². The lowest BCUT2D eigenvalue weighted by atomic mass is 10.1. The lowest BCUT2D eigenvalue weighted by Gasteiger charge is -2.18. The number of ether oxygens (including phenoxy) is 3. The van der Waals surface area contributed by atoms with E-state index < -0.39 is 6.10 Å². The lowest BCUT2D eigenvalue weighted by Crippen LogP contribution is -2.30. The van der Waals surface area contributed by atoms with Crippen molar-refractivity contribution in [1.82, 2.24) is 0 Å². The smallest absolute Gasteiger partial charge is 0.306 e. The molecule has 0 fully saturated rings. The van der Waals surface area contributed by atoms with Crippen LogP contribution in [0.15, 0.2) is 72.9 Å². The van der Waals surface area contributed by atoms with Crippen molar-refractivity contribution in [1.29, 1.82) is 0 Å². The molecule has 0 aromatic rings. The quantitative estimate of drug-likeness (QED) is 0.0262. The Kier molecular flexibility index (Phi) is 47.9. The summed E-state index contributed by atoms with van der Waals surface area (Å²) in [5, 5.41) is 0. The summed E-state index contributed by atoms with van der Waals surface area (Å²) in [7, 11) is 0. The van der Waals surface area contributed by atoms with Gasteiger partial charge in [0.15, 0.2) is 6.10 Å². The van der Waals surface area contributed by atoms with Gasteiger partial charge in [-0.2, -0.15) is 0 Å². The van der Waals surface area contributed by atoms with Crippen molar-refractivity contribution in [2.45, 2.75) is 252 Å². The van der Waals surface area contributed by atoms with Gasteiger partial charge in [-0.3, -0.25) is 14.4 Å². The lowest BCUT2D eigenvalue weighted by molar-refractivity contribution is -0.167. The number of hydrogen-bond donors (Lipinski definition) is 0. The molecule has 0 spiro atoms. The summed E-state index contributed by atoms with van der Waals surface area (Å²) < 4.78 is 16.8. The summed E-state index contributed by atoms with van der Waals surface area (Å²) in [6, 6.07) is 0. The summed E-state index contributed by atoms with van der Waals surface area (Å²) in [6.45, 7) is 6.47. The summed E-state index contributed by atoms with van der Waals surface area (Å²) in [5.74, 6) is -0.929. The van der Waals surface area contributed by atoms with Gasteiger partial charge in [-0.1, -0.05) is 209 Å². The van der Waals surface area contributed by atoms with E-state index in [1.807, 2.05) is 0 Å². The maximum absolute atomic E-state index is 12.8. The highest BCUT2D eigenvalue weighted by Crippen LogP contribution is 2.14. The number of rotatable bonds is 46. The predicted octanol–water partition coefficient (Wildman–Crippen LogP) is 17.0. The van der Waals surface area contributed by atoms with Gasteiger partial charge in [0.2, 0.25) is 0 Å². The molecule has 0 rings (SSSR count). The van der Waals surface area contributed by atoms with Crippen molar-refractivity contribution in [3.05, 3.63) is 72.9 Å². The van der Waals surface area contributed by atoms with Crippen molar-refractivity contribution >= 4 is 17.9 Å². The average Bonchev–Trinajstić information content (AvgIpc) is 3.27. The first kappa shape index (κ1) is 58.9. The van der Waals surface area contributed by atoms with Crippen molar-refractivity contribution in [3.63, 3.8) is 0 Å².